The zero-order valence-electron chi connectivity index (χ0n) is 15.0. The summed E-state index contributed by atoms with van der Waals surface area (Å²) in [6.07, 6.45) is 1.76. The molecule has 0 bridgehead atoms. The minimum Gasteiger partial charge on any atom is -0.343 e. The Morgan fingerprint density at radius 1 is 0.857 bits per heavy atom. The second-order valence-electron chi connectivity index (χ2n) is 6.25. The van der Waals surface area contributed by atoms with Crippen LogP contribution in [-0.4, -0.2) is 27.9 Å². The Hall–Kier alpha value is -3.93. The van der Waals surface area contributed by atoms with Gasteiger partial charge in [0.2, 0.25) is 5.91 Å². The number of nitrogens with one attached hydrogen (secondary N) is 2. The summed E-state index contributed by atoms with van der Waals surface area (Å²) in [6, 6.07) is 24.1. The van der Waals surface area contributed by atoms with E-state index in [1.165, 1.54) is 0 Å². The van der Waals surface area contributed by atoms with E-state index < -0.39 is 0 Å². The maximum absolute atomic E-state index is 12.3. The lowest BCUT2D eigenvalue weighted by Gasteiger charge is -2.08. The van der Waals surface area contributed by atoms with Gasteiger partial charge in [0.05, 0.1) is 17.6 Å². The van der Waals surface area contributed by atoms with Gasteiger partial charge in [-0.2, -0.15) is 0 Å². The number of carbonyl (C=O) groups excluding carboxylic acids is 2. The monoisotopic (exact) mass is 370 g/mol. The standard InChI is InChI=1S/C22H18N4O2/c27-21(25-17-6-2-1-3-7-17)14-23-22(28)16-10-12-18(13-11-16)26-15-24-19-8-4-5-9-20(19)26/h1-13,15H,14H2,(H,23,28)(H,25,27). The van der Waals surface area contributed by atoms with Crippen LogP contribution >= 0.6 is 0 Å². The highest BCUT2D eigenvalue weighted by Gasteiger charge is 2.09. The van der Waals surface area contributed by atoms with Gasteiger partial charge in [-0.15, -0.1) is 0 Å². The number of aromatic nitrogens is 2. The molecule has 6 nitrogen and oxygen atoms in total. The Kier molecular flexibility index (Phi) is 4.84. The Labute approximate surface area is 161 Å². The quantitative estimate of drug-likeness (QED) is 0.565. The number of para-hydroxylation sites is 3. The summed E-state index contributed by atoms with van der Waals surface area (Å²) in [5.41, 5.74) is 4.00. The molecule has 0 unspecified atom stereocenters. The van der Waals surface area contributed by atoms with Gasteiger partial charge in [0.25, 0.3) is 5.91 Å². The van der Waals surface area contributed by atoms with Crippen LogP contribution in [0.4, 0.5) is 5.69 Å². The minimum atomic E-state index is -0.301. The summed E-state index contributed by atoms with van der Waals surface area (Å²) in [5.74, 6) is -0.577. The first kappa shape index (κ1) is 17.5. The summed E-state index contributed by atoms with van der Waals surface area (Å²) in [6.45, 7) is -0.0956. The van der Waals surface area contributed by atoms with Crippen LogP contribution < -0.4 is 10.6 Å². The number of benzene rings is 3. The van der Waals surface area contributed by atoms with E-state index in [1.807, 2.05) is 59.2 Å². The molecule has 4 aromatic rings. The van der Waals surface area contributed by atoms with Crippen LogP contribution in [0.1, 0.15) is 10.4 Å². The maximum atomic E-state index is 12.3. The molecular formula is C22H18N4O2. The molecule has 3 aromatic carbocycles. The third kappa shape index (κ3) is 3.76. The fourth-order valence-electron chi connectivity index (χ4n) is 2.93. The number of nitrogens with zero attached hydrogens (tertiary/aromatic N) is 2. The Morgan fingerprint density at radius 2 is 1.57 bits per heavy atom. The molecule has 0 saturated carbocycles. The second-order valence-corrected chi connectivity index (χ2v) is 6.25. The van der Waals surface area contributed by atoms with Gasteiger partial charge < -0.3 is 10.6 Å². The molecule has 6 heteroatoms. The zero-order chi connectivity index (χ0) is 19.3. The Morgan fingerprint density at radius 3 is 2.36 bits per heavy atom. The van der Waals surface area contributed by atoms with Crippen LogP contribution in [0.25, 0.3) is 16.7 Å². The van der Waals surface area contributed by atoms with Crippen LogP contribution in [0.15, 0.2) is 85.2 Å². The highest BCUT2D eigenvalue weighted by Crippen LogP contribution is 2.18. The van der Waals surface area contributed by atoms with Crippen molar-refractivity contribution >= 4 is 28.5 Å². The van der Waals surface area contributed by atoms with E-state index >= 15 is 0 Å². The van der Waals surface area contributed by atoms with Gasteiger partial charge in [-0.1, -0.05) is 30.3 Å². The highest BCUT2D eigenvalue weighted by molar-refractivity contribution is 5.99. The van der Waals surface area contributed by atoms with E-state index in [4.69, 9.17) is 0 Å². The van der Waals surface area contributed by atoms with E-state index in [1.54, 1.807) is 30.6 Å². The number of carbonyl (C=O) groups is 2. The van der Waals surface area contributed by atoms with Crippen molar-refractivity contribution in [2.24, 2.45) is 0 Å². The predicted octanol–water partition coefficient (Wildman–Crippen LogP) is 3.39. The molecule has 28 heavy (non-hydrogen) atoms. The number of anilines is 1. The van der Waals surface area contributed by atoms with Crippen molar-refractivity contribution in [3.05, 3.63) is 90.8 Å². The van der Waals surface area contributed by atoms with Gasteiger partial charge >= 0.3 is 0 Å². The summed E-state index contributed by atoms with van der Waals surface area (Å²) < 4.78 is 1.96. The third-order valence-electron chi connectivity index (χ3n) is 4.33. The summed E-state index contributed by atoms with van der Waals surface area (Å²) in [4.78, 5) is 28.6. The molecule has 0 aliphatic rings. The number of hydrogen-bond acceptors (Lipinski definition) is 3. The SMILES string of the molecule is O=C(CNC(=O)c1ccc(-n2cnc3ccccc32)cc1)Nc1ccccc1. The van der Waals surface area contributed by atoms with Crippen LogP contribution in [-0.2, 0) is 4.79 Å². The van der Waals surface area contributed by atoms with Crippen molar-refractivity contribution in [3.8, 4) is 5.69 Å². The molecule has 4 rings (SSSR count). The Balaban J connectivity index is 1.39. The number of hydrogen-bond donors (Lipinski definition) is 2. The predicted molar refractivity (Wildman–Crippen MR) is 108 cm³/mol. The zero-order valence-corrected chi connectivity index (χ0v) is 15.0. The first-order valence-electron chi connectivity index (χ1n) is 8.86. The minimum absolute atomic E-state index is 0.0956. The molecule has 0 radical (unpaired) electrons. The molecule has 2 amide bonds. The van der Waals surface area contributed by atoms with Crippen molar-refractivity contribution in [3.63, 3.8) is 0 Å². The molecule has 0 aliphatic carbocycles. The smallest absolute Gasteiger partial charge is 0.251 e. The number of imidazole rings is 1. The van der Waals surface area contributed by atoms with Crippen molar-refractivity contribution in [1.82, 2.24) is 14.9 Å². The fraction of sp³-hybridized carbons (Fsp3) is 0.0455. The van der Waals surface area contributed by atoms with E-state index in [0.29, 0.717) is 11.3 Å². The lowest BCUT2D eigenvalue weighted by molar-refractivity contribution is -0.115. The van der Waals surface area contributed by atoms with E-state index in [2.05, 4.69) is 15.6 Å². The average Bonchev–Trinajstić information content (AvgIpc) is 3.17. The van der Waals surface area contributed by atoms with Gasteiger partial charge in [-0.3, -0.25) is 14.2 Å². The molecular weight excluding hydrogens is 352 g/mol. The summed E-state index contributed by atoms with van der Waals surface area (Å²) >= 11 is 0. The molecule has 1 aromatic heterocycles. The van der Waals surface area contributed by atoms with Gasteiger partial charge in [-0.25, -0.2) is 4.98 Å². The van der Waals surface area contributed by atoms with E-state index in [-0.39, 0.29) is 18.4 Å². The molecule has 0 spiro atoms. The van der Waals surface area contributed by atoms with Crippen LogP contribution in [0, 0.1) is 0 Å². The topological polar surface area (TPSA) is 76.0 Å². The van der Waals surface area contributed by atoms with Crippen molar-refractivity contribution in [1.29, 1.82) is 0 Å². The molecule has 2 N–H and O–H groups in total. The molecule has 138 valence electrons. The molecule has 1 heterocycles. The van der Waals surface area contributed by atoms with Gasteiger partial charge in [0.1, 0.15) is 6.33 Å². The number of rotatable bonds is 5. The van der Waals surface area contributed by atoms with E-state index in [9.17, 15) is 9.59 Å². The summed E-state index contributed by atoms with van der Waals surface area (Å²) in [5, 5.41) is 5.36. The molecule has 0 aliphatic heterocycles. The highest BCUT2D eigenvalue weighted by atomic mass is 16.2. The Bertz CT molecular complexity index is 1120. The average molecular weight is 370 g/mol. The summed E-state index contributed by atoms with van der Waals surface area (Å²) in [7, 11) is 0. The maximum Gasteiger partial charge on any atom is 0.251 e. The number of amides is 2. The van der Waals surface area contributed by atoms with Crippen molar-refractivity contribution in [2.45, 2.75) is 0 Å². The molecule has 0 atom stereocenters. The van der Waals surface area contributed by atoms with Gasteiger partial charge in [0, 0.05) is 16.9 Å². The van der Waals surface area contributed by atoms with Gasteiger partial charge in [0.15, 0.2) is 0 Å². The van der Waals surface area contributed by atoms with Gasteiger partial charge in [-0.05, 0) is 48.5 Å². The van der Waals surface area contributed by atoms with Crippen molar-refractivity contribution in [2.75, 3.05) is 11.9 Å². The normalized spacial score (nSPS) is 10.6. The molecule has 0 fully saturated rings. The van der Waals surface area contributed by atoms with E-state index in [0.717, 1.165) is 16.7 Å². The van der Waals surface area contributed by atoms with Crippen LogP contribution in [0.2, 0.25) is 0 Å². The van der Waals surface area contributed by atoms with Crippen LogP contribution in [0.3, 0.4) is 0 Å². The first-order valence-corrected chi connectivity index (χ1v) is 8.86. The number of fused-ring (bicyclic) bond motifs is 1. The third-order valence-corrected chi connectivity index (χ3v) is 4.33. The lowest BCUT2D eigenvalue weighted by Crippen LogP contribution is -2.32. The first-order chi connectivity index (χ1) is 13.7. The second kappa shape index (κ2) is 7.75. The fourth-order valence-corrected chi connectivity index (χ4v) is 2.93. The van der Waals surface area contributed by atoms with Crippen molar-refractivity contribution < 1.29 is 9.59 Å². The molecule has 0 saturated heterocycles. The largest absolute Gasteiger partial charge is 0.343 e. The van der Waals surface area contributed by atoms with Crippen LogP contribution in [0.5, 0.6) is 0 Å². The lowest BCUT2D eigenvalue weighted by atomic mass is 10.2.